The molecular formula is C5H6BF2NO2. The molecule has 1 heterocycles. The van der Waals surface area contributed by atoms with Gasteiger partial charge in [0, 0.05) is 11.9 Å². The Kier molecular flexibility index (Phi) is 2.36. The number of allylic oxidation sites excluding steroid dienone is 1. The highest BCUT2D eigenvalue weighted by Crippen LogP contribution is 2.16. The molecule has 60 valence electrons. The average Bonchev–Trinajstić information content (AvgIpc) is 1.85. The summed E-state index contributed by atoms with van der Waals surface area (Å²) >= 11 is 0. The fourth-order valence-corrected chi connectivity index (χ4v) is 0.778. The van der Waals surface area contributed by atoms with Crippen molar-refractivity contribution >= 4 is 13.1 Å². The fraction of sp³-hybridized carbons (Fsp3) is 0.400. The van der Waals surface area contributed by atoms with Gasteiger partial charge in [0.15, 0.2) is 5.97 Å². The zero-order chi connectivity index (χ0) is 8.43. The van der Waals surface area contributed by atoms with E-state index in [1.165, 1.54) is 0 Å². The maximum absolute atomic E-state index is 12.5. The highest BCUT2D eigenvalue weighted by Gasteiger charge is 2.26. The van der Waals surface area contributed by atoms with Crippen molar-refractivity contribution in [2.75, 3.05) is 0 Å². The number of rotatable bonds is 1. The minimum Gasteiger partial charge on any atom is -0.423 e. The third-order valence-electron chi connectivity index (χ3n) is 1.33. The first-order chi connectivity index (χ1) is 5.11. The molecule has 0 aromatic carbocycles. The zero-order valence-corrected chi connectivity index (χ0v) is 5.54. The van der Waals surface area contributed by atoms with Crippen molar-refractivity contribution in [3.8, 4) is 0 Å². The number of dihydropyridines is 1. The number of hydrogen-bond acceptors (Lipinski definition) is 3. The molecule has 0 saturated heterocycles. The highest BCUT2D eigenvalue weighted by molar-refractivity contribution is 6.51. The molecule has 1 rings (SSSR count). The van der Waals surface area contributed by atoms with Crippen LogP contribution in [0.4, 0.5) is 8.78 Å². The SMILES string of the molecule is OB(O)C1=CCC(F)=NC1F. The van der Waals surface area contributed by atoms with E-state index < -0.39 is 19.4 Å². The Labute approximate surface area is 62.2 Å². The predicted octanol–water partition coefficient (Wildman–Crippen LogP) is -0.00790. The Morgan fingerprint density at radius 2 is 2.27 bits per heavy atom. The molecule has 0 saturated carbocycles. The lowest BCUT2D eigenvalue weighted by Crippen LogP contribution is -2.25. The Morgan fingerprint density at radius 3 is 2.73 bits per heavy atom. The summed E-state index contributed by atoms with van der Waals surface area (Å²) in [6.45, 7) is 0. The number of hydrogen-bond donors (Lipinski definition) is 2. The van der Waals surface area contributed by atoms with Crippen molar-refractivity contribution in [3.63, 3.8) is 0 Å². The summed E-state index contributed by atoms with van der Waals surface area (Å²) in [7, 11) is -1.89. The van der Waals surface area contributed by atoms with Gasteiger partial charge < -0.3 is 10.0 Å². The lowest BCUT2D eigenvalue weighted by atomic mass is 9.77. The van der Waals surface area contributed by atoms with E-state index in [9.17, 15) is 8.78 Å². The summed E-state index contributed by atoms with van der Waals surface area (Å²) in [4.78, 5) is 2.88. The van der Waals surface area contributed by atoms with E-state index in [0.29, 0.717) is 0 Å². The molecule has 0 spiro atoms. The van der Waals surface area contributed by atoms with Gasteiger partial charge in [0.25, 0.3) is 0 Å². The standard InChI is InChI=1S/C5H6BF2NO2/c7-4-2-1-3(6(10)11)5(8)9-4/h1,5,10-11H,2H2. The lowest BCUT2D eigenvalue weighted by Gasteiger charge is -2.11. The van der Waals surface area contributed by atoms with E-state index >= 15 is 0 Å². The summed E-state index contributed by atoms with van der Waals surface area (Å²) in [6, 6.07) is 0. The average molecular weight is 161 g/mol. The van der Waals surface area contributed by atoms with Crippen LogP contribution in [0.3, 0.4) is 0 Å². The van der Waals surface area contributed by atoms with Crippen LogP contribution in [0, 0.1) is 0 Å². The van der Waals surface area contributed by atoms with Gasteiger partial charge in [0.2, 0.25) is 6.30 Å². The Hall–Kier alpha value is -0.745. The molecule has 6 heteroatoms. The Balaban J connectivity index is 2.72. The van der Waals surface area contributed by atoms with Crippen LogP contribution in [-0.2, 0) is 0 Å². The monoisotopic (exact) mass is 161 g/mol. The summed E-state index contributed by atoms with van der Waals surface area (Å²) < 4.78 is 24.7. The molecule has 0 bridgehead atoms. The summed E-state index contributed by atoms with van der Waals surface area (Å²) in [5.74, 6) is -0.832. The minimum absolute atomic E-state index is 0.173. The van der Waals surface area contributed by atoms with Crippen LogP contribution < -0.4 is 0 Å². The van der Waals surface area contributed by atoms with E-state index in [1.54, 1.807) is 0 Å². The molecule has 0 amide bonds. The van der Waals surface area contributed by atoms with Crippen LogP contribution >= 0.6 is 0 Å². The molecule has 1 unspecified atom stereocenters. The molecule has 1 aliphatic rings. The van der Waals surface area contributed by atoms with Crippen LogP contribution in [-0.4, -0.2) is 29.4 Å². The zero-order valence-electron chi connectivity index (χ0n) is 5.54. The summed E-state index contributed by atoms with van der Waals surface area (Å²) in [5.41, 5.74) is -0.300. The van der Waals surface area contributed by atoms with Gasteiger partial charge in [0.1, 0.15) is 0 Å². The first kappa shape index (κ1) is 8.35. The van der Waals surface area contributed by atoms with E-state index in [1.807, 2.05) is 0 Å². The quantitative estimate of drug-likeness (QED) is 0.419. The number of aliphatic imine (C=N–C) groups is 1. The number of halogens is 2. The topological polar surface area (TPSA) is 52.8 Å². The molecule has 0 aromatic heterocycles. The number of alkyl halides is 1. The largest absolute Gasteiger partial charge is 0.488 e. The molecule has 2 N–H and O–H groups in total. The van der Waals surface area contributed by atoms with Crippen LogP contribution in [0.2, 0.25) is 0 Å². The first-order valence-electron chi connectivity index (χ1n) is 3.03. The maximum atomic E-state index is 12.5. The van der Waals surface area contributed by atoms with E-state index in [0.717, 1.165) is 6.08 Å². The number of nitrogens with zero attached hydrogens (tertiary/aromatic N) is 1. The highest BCUT2D eigenvalue weighted by atomic mass is 19.1. The second kappa shape index (κ2) is 3.10. The Morgan fingerprint density at radius 1 is 1.64 bits per heavy atom. The van der Waals surface area contributed by atoms with Crippen molar-refractivity contribution < 1.29 is 18.8 Å². The van der Waals surface area contributed by atoms with Gasteiger partial charge in [-0.1, -0.05) is 6.08 Å². The summed E-state index contributed by atoms with van der Waals surface area (Å²) in [6.07, 6.45) is -1.05. The normalized spacial score (nSPS) is 24.2. The molecule has 1 atom stereocenters. The molecule has 1 aliphatic heterocycles. The van der Waals surface area contributed by atoms with Crippen molar-refractivity contribution in [3.05, 3.63) is 11.5 Å². The predicted molar refractivity (Wildman–Crippen MR) is 36.3 cm³/mol. The summed E-state index contributed by atoms with van der Waals surface area (Å²) in [5, 5.41) is 17.0. The van der Waals surface area contributed by atoms with Crippen molar-refractivity contribution in [2.45, 2.75) is 12.7 Å². The molecule has 3 nitrogen and oxygen atoms in total. The van der Waals surface area contributed by atoms with Gasteiger partial charge >= 0.3 is 7.12 Å². The molecule has 0 aliphatic carbocycles. The second-order valence-corrected chi connectivity index (χ2v) is 2.12. The van der Waals surface area contributed by atoms with E-state index in [4.69, 9.17) is 10.0 Å². The third kappa shape index (κ3) is 1.84. The molecule has 0 radical (unpaired) electrons. The van der Waals surface area contributed by atoms with Crippen LogP contribution in [0.25, 0.3) is 0 Å². The van der Waals surface area contributed by atoms with Crippen LogP contribution in [0.15, 0.2) is 16.5 Å². The van der Waals surface area contributed by atoms with Gasteiger partial charge in [0.05, 0.1) is 0 Å². The third-order valence-corrected chi connectivity index (χ3v) is 1.33. The fourth-order valence-electron chi connectivity index (χ4n) is 0.778. The van der Waals surface area contributed by atoms with Crippen molar-refractivity contribution in [2.24, 2.45) is 4.99 Å². The molecule has 11 heavy (non-hydrogen) atoms. The lowest BCUT2D eigenvalue weighted by molar-refractivity contribution is 0.361. The van der Waals surface area contributed by atoms with Crippen molar-refractivity contribution in [1.29, 1.82) is 0 Å². The minimum atomic E-state index is -1.95. The maximum Gasteiger partial charge on any atom is 0.488 e. The van der Waals surface area contributed by atoms with Crippen molar-refractivity contribution in [1.82, 2.24) is 0 Å². The molecular weight excluding hydrogens is 155 g/mol. The second-order valence-electron chi connectivity index (χ2n) is 2.12. The van der Waals surface area contributed by atoms with Crippen LogP contribution in [0.1, 0.15) is 6.42 Å². The van der Waals surface area contributed by atoms with Gasteiger partial charge in [-0.05, 0) is 0 Å². The van der Waals surface area contributed by atoms with Crippen LogP contribution in [0.5, 0.6) is 0 Å². The van der Waals surface area contributed by atoms with E-state index in [2.05, 4.69) is 4.99 Å². The van der Waals surface area contributed by atoms with Gasteiger partial charge in [-0.15, -0.1) is 0 Å². The van der Waals surface area contributed by atoms with Gasteiger partial charge in [-0.25, -0.2) is 9.38 Å². The van der Waals surface area contributed by atoms with E-state index in [-0.39, 0.29) is 11.9 Å². The molecule has 0 fully saturated rings. The first-order valence-corrected chi connectivity index (χ1v) is 3.03. The smallest absolute Gasteiger partial charge is 0.423 e. The van der Waals surface area contributed by atoms with Gasteiger partial charge in [-0.3, -0.25) is 0 Å². The Bertz CT molecular complexity index is 217. The molecule has 0 aromatic rings. The van der Waals surface area contributed by atoms with Gasteiger partial charge in [-0.2, -0.15) is 4.39 Å².